The highest BCUT2D eigenvalue weighted by molar-refractivity contribution is 6.42. The molecule has 1 N–H and O–H groups in total. The molecule has 1 saturated heterocycles. The molecule has 34 heavy (non-hydrogen) atoms. The third-order valence-electron chi connectivity index (χ3n) is 5.33. The van der Waals surface area contributed by atoms with Crippen LogP contribution in [0.3, 0.4) is 0 Å². The number of alkyl halides is 3. The van der Waals surface area contributed by atoms with Crippen LogP contribution in [0.4, 0.5) is 24.5 Å². The van der Waals surface area contributed by atoms with Gasteiger partial charge in [-0.1, -0.05) is 23.2 Å². The van der Waals surface area contributed by atoms with Crippen molar-refractivity contribution in [3.63, 3.8) is 0 Å². The van der Waals surface area contributed by atoms with Crippen molar-refractivity contribution in [2.45, 2.75) is 6.18 Å². The van der Waals surface area contributed by atoms with Gasteiger partial charge in [-0.3, -0.25) is 9.59 Å². The molecule has 1 aliphatic rings. The predicted molar refractivity (Wildman–Crippen MR) is 123 cm³/mol. The van der Waals surface area contributed by atoms with Crippen molar-refractivity contribution in [2.75, 3.05) is 36.4 Å². The van der Waals surface area contributed by atoms with E-state index in [9.17, 15) is 22.8 Å². The quantitative estimate of drug-likeness (QED) is 0.486. The lowest BCUT2D eigenvalue weighted by Crippen LogP contribution is -2.52. The fraction of sp³-hybridized carbons (Fsp3) is 0.217. The van der Waals surface area contributed by atoms with Gasteiger partial charge in [-0.2, -0.15) is 13.2 Å². The Hall–Kier alpha value is -3.17. The lowest BCUT2D eigenvalue weighted by atomic mass is 10.2. The first-order chi connectivity index (χ1) is 16.1. The summed E-state index contributed by atoms with van der Waals surface area (Å²) in [6.45, 7) is 0.516. The zero-order valence-electron chi connectivity index (χ0n) is 17.5. The maximum Gasteiger partial charge on any atom is 0.471 e. The fourth-order valence-corrected chi connectivity index (χ4v) is 3.86. The lowest BCUT2D eigenvalue weighted by Gasteiger charge is -2.36. The standard InChI is InChI=1S/C23H18Cl2F3N3O3/c24-17-6-1-14(13-18(17)25)19-7-8-20(34-19)21(32)29-15-2-4-16(5-3-15)30-9-11-31(12-10-30)22(33)23(26,27)28/h1-8,13H,9-12H2,(H,29,32). The molecule has 11 heteroatoms. The first-order valence-corrected chi connectivity index (χ1v) is 10.9. The van der Waals surface area contributed by atoms with Crippen LogP contribution in [-0.4, -0.2) is 49.1 Å². The minimum atomic E-state index is -4.86. The summed E-state index contributed by atoms with van der Waals surface area (Å²) in [5.74, 6) is -1.69. The van der Waals surface area contributed by atoms with Gasteiger partial charge in [0.15, 0.2) is 5.76 Å². The van der Waals surface area contributed by atoms with Crippen molar-refractivity contribution in [3.8, 4) is 11.3 Å². The lowest BCUT2D eigenvalue weighted by molar-refractivity contribution is -0.185. The molecule has 1 aliphatic heterocycles. The van der Waals surface area contributed by atoms with E-state index < -0.39 is 18.0 Å². The molecular weight excluding hydrogens is 494 g/mol. The third-order valence-corrected chi connectivity index (χ3v) is 6.07. The normalized spacial score (nSPS) is 14.3. The average molecular weight is 512 g/mol. The largest absolute Gasteiger partial charge is 0.471 e. The van der Waals surface area contributed by atoms with Crippen molar-refractivity contribution in [2.24, 2.45) is 0 Å². The first kappa shape index (κ1) is 24.0. The Morgan fingerprint density at radius 1 is 0.882 bits per heavy atom. The summed E-state index contributed by atoms with van der Waals surface area (Å²) in [6.07, 6.45) is -4.86. The molecule has 2 heterocycles. The van der Waals surface area contributed by atoms with Crippen LogP contribution < -0.4 is 10.2 Å². The molecule has 0 radical (unpaired) electrons. The number of piperazine rings is 1. The second kappa shape index (κ2) is 9.60. The highest BCUT2D eigenvalue weighted by Crippen LogP contribution is 2.30. The third kappa shape index (κ3) is 5.31. The van der Waals surface area contributed by atoms with Gasteiger partial charge < -0.3 is 19.5 Å². The number of benzene rings is 2. The van der Waals surface area contributed by atoms with Crippen molar-refractivity contribution >= 4 is 46.4 Å². The highest BCUT2D eigenvalue weighted by atomic mass is 35.5. The SMILES string of the molecule is O=C(Nc1ccc(N2CCN(C(=O)C(F)(F)F)CC2)cc1)c1ccc(-c2ccc(Cl)c(Cl)c2)o1. The van der Waals surface area contributed by atoms with Crippen LogP contribution in [0, 0.1) is 0 Å². The molecule has 4 rings (SSSR count). The van der Waals surface area contributed by atoms with E-state index in [1.165, 1.54) is 0 Å². The molecule has 2 amide bonds. The Morgan fingerprint density at radius 2 is 1.56 bits per heavy atom. The van der Waals surface area contributed by atoms with Crippen molar-refractivity contribution in [3.05, 3.63) is 70.4 Å². The van der Waals surface area contributed by atoms with Crippen molar-refractivity contribution < 1.29 is 27.2 Å². The summed E-state index contributed by atoms with van der Waals surface area (Å²) in [5, 5.41) is 3.52. The topological polar surface area (TPSA) is 65.8 Å². The number of nitrogens with zero attached hydrogens (tertiary/aromatic N) is 2. The molecular formula is C23H18Cl2F3N3O3. The number of hydrogen-bond donors (Lipinski definition) is 1. The van der Waals surface area contributed by atoms with Gasteiger partial charge in [-0.15, -0.1) is 0 Å². The molecule has 0 unspecified atom stereocenters. The number of anilines is 2. The Kier molecular flexibility index (Phi) is 6.77. The zero-order chi connectivity index (χ0) is 24.5. The summed E-state index contributed by atoms with van der Waals surface area (Å²) in [5.41, 5.74) is 1.97. The molecule has 0 saturated carbocycles. The van der Waals surface area contributed by atoms with Crippen LogP contribution in [0.25, 0.3) is 11.3 Å². The van der Waals surface area contributed by atoms with Crippen LogP contribution in [0.1, 0.15) is 10.6 Å². The van der Waals surface area contributed by atoms with E-state index in [2.05, 4.69) is 5.32 Å². The molecule has 0 aliphatic carbocycles. The molecule has 1 aromatic heterocycles. The van der Waals surface area contributed by atoms with Gasteiger partial charge in [0.25, 0.3) is 5.91 Å². The van der Waals surface area contributed by atoms with Gasteiger partial charge in [-0.25, -0.2) is 0 Å². The molecule has 3 aromatic rings. The first-order valence-electron chi connectivity index (χ1n) is 10.2. The van der Waals surface area contributed by atoms with Gasteiger partial charge in [-0.05, 0) is 54.6 Å². The molecule has 0 spiro atoms. The van der Waals surface area contributed by atoms with Crippen molar-refractivity contribution in [1.82, 2.24) is 4.90 Å². The maximum atomic E-state index is 12.6. The summed E-state index contributed by atoms with van der Waals surface area (Å²) in [6, 6.07) is 15.1. The van der Waals surface area contributed by atoms with Gasteiger partial charge in [0.05, 0.1) is 10.0 Å². The Balaban J connectivity index is 1.35. The molecule has 6 nitrogen and oxygen atoms in total. The highest BCUT2D eigenvalue weighted by Gasteiger charge is 2.43. The van der Waals surface area contributed by atoms with Gasteiger partial charge in [0, 0.05) is 43.1 Å². The van der Waals surface area contributed by atoms with Crippen molar-refractivity contribution in [1.29, 1.82) is 0 Å². The monoisotopic (exact) mass is 511 g/mol. The molecule has 178 valence electrons. The number of carbonyl (C=O) groups is 2. The number of furan rings is 1. The van der Waals surface area contributed by atoms with E-state index >= 15 is 0 Å². The van der Waals surface area contributed by atoms with Crippen LogP contribution in [0.15, 0.2) is 59.0 Å². The minimum Gasteiger partial charge on any atom is -0.451 e. The van der Waals surface area contributed by atoms with Crippen LogP contribution in [0.5, 0.6) is 0 Å². The van der Waals surface area contributed by atoms with E-state index in [0.717, 1.165) is 10.6 Å². The molecule has 2 aromatic carbocycles. The minimum absolute atomic E-state index is 0.0174. The summed E-state index contributed by atoms with van der Waals surface area (Å²) in [4.78, 5) is 26.6. The van der Waals surface area contributed by atoms with E-state index in [4.69, 9.17) is 27.6 Å². The van der Waals surface area contributed by atoms with E-state index in [-0.39, 0.29) is 31.9 Å². The fourth-order valence-electron chi connectivity index (χ4n) is 3.56. The molecule has 1 fully saturated rings. The predicted octanol–water partition coefficient (Wildman–Crippen LogP) is 5.72. The number of rotatable bonds is 4. The smallest absolute Gasteiger partial charge is 0.451 e. The summed E-state index contributed by atoms with van der Waals surface area (Å²) in [7, 11) is 0. The van der Waals surface area contributed by atoms with Gasteiger partial charge in [0.2, 0.25) is 0 Å². The Labute approximate surface area is 202 Å². The Morgan fingerprint density at radius 3 is 2.18 bits per heavy atom. The number of amides is 2. The van der Waals surface area contributed by atoms with E-state index in [0.29, 0.717) is 27.1 Å². The number of nitrogens with one attached hydrogen (secondary N) is 1. The second-order valence-electron chi connectivity index (χ2n) is 7.57. The van der Waals surface area contributed by atoms with E-state index in [1.807, 2.05) is 4.90 Å². The van der Waals surface area contributed by atoms with Gasteiger partial charge >= 0.3 is 12.1 Å². The number of carbonyl (C=O) groups excluding carboxylic acids is 2. The second-order valence-corrected chi connectivity index (χ2v) is 8.39. The molecule has 0 bridgehead atoms. The zero-order valence-corrected chi connectivity index (χ0v) is 19.0. The van der Waals surface area contributed by atoms with Gasteiger partial charge in [0.1, 0.15) is 5.76 Å². The number of halogens is 5. The summed E-state index contributed by atoms with van der Waals surface area (Å²) >= 11 is 12.0. The Bertz CT molecular complexity index is 1200. The number of hydrogen-bond acceptors (Lipinski definition) is 4. The summed E-state index contributed by atoms with van der Waals surface area (Å²) < 4.78 is 43.4. The van der Waals surface area contributed by atoms with Crippen LogP contribution in [0.2, 0.25) is 10.0 Å². The molecule has 0 atom stereocenters. The van der Waals surface area contributed by atoms with Crippen LogP contribution in [-0.2, 0) is 4.79 Å². The maximum absolute atomic E-state index is 12.6. The van der Waals surface area contributed by atoms with Crippen LogP contribution >= 0.6 is 23.2 Å². The van der Waals surface area contributed by atoms with E-state index in [1.54, 1.807) is 54.6 Å². The average Bonchev–Trinajstić information content (AvgIpc) is 3.31.